The maximum atomic E-state index is 12.4. The molecule has 0 N–H and O–H groups in total. The average molecular weight is 341 g/mol. The summed E-state index contributed by atoms with van der Waals surface area (Å²) in [5.74, 6) is -1.03. The molecule has 102 valence electrons. The van der Waals surface area contributed by atoms with Gasteiger partial charge in [-0.05, 0) is 20.8 Å². The molecule has 0 radical (unpaired) electrons. The number of halogens is 4. The van der Waals surface area contributed by atoms with Gasteiger partial charge in [0, 0.05) is 5.54 Å². The highest BCUT2D eigenvalue weighted by molar-refractivity contribution is 6.55. The van der Waals surface area contributed by atoms with Gasteiger partial charge in [0.25, 0.3) is 11.8 Å². The van der Waals surface area contributed by atoms with Crippen molar-refractivity contribution in [2.45, 2.75) is 26.3 Å². The predicted octanol–water partition coefficient (Wildman–Crippen LogP) is 4.69. The molecular formula is C12H9Cl4NO2. The normalized spacial score (nSPS) is 15.2. The minimum absolute atomic E-state index is 0.0148. The number of imide groups is 1. The van der Waals surface area contributed by atoms with E-state index in [1.54, 1.807) is 20.8 Å². The summed E-state index contributed by atoms with van der Waals surface area (Å²) in [5.41, 5.74) is -0.666. The highest BCUT2D eigenvalue weighted by Gasteiger charge is 2.45. The highest BCUT2D eigenvalue weighted by atomic mass is 35.5. The zero-order chi connectivity index (χ0) is 14.7. The van der Waals surface area contributed by atoms with Crippen LogP contribution in [0.4, 0.5) is 0 Å². The van der Waals surface area contributed by atoms with Gasteiger partial charge in [-0.25, -0.2) is 0 Å². The Balaban J connectivity index is 2.81. The van der Waals surface area contributed by atoms with Crippen molar-refractivity contribution < 1.29 is 9.59 Å². The highest BCUT2D eigenvalue weighted by Crippen LogP contribution is 2.45. The minimum atomic E-state index is -0.696. The third kappa shape index (κ3) is 2.04. The van der Waals surface area contributed by atoms with Gasteiger partial charge in [0.1, 0.15) is 0 Å². The van der Waals surface area contributed by atoms with E-state index in [2.05, 4.69) is 0 Å². The molecule has 2 amide bonds. The van der Waals surface area contributed by atoms with Gasteiger partial charge in [-0.15, -0.1) is 0 Å². The zero-order valence-corrected chi connectivity index (χ0v) is 13.3. The Morgan fingerprint density at radius 1 is 0.737 bits per heavy atom. The Bertz CT molecular complexity index is 572. The van der Waals surface area contributed by atoms with Crippen LogP contribution in [-0.4, -0.2) is 22.3 Å². The van der Waals surface area contributed by atoms with Gasteiger partial charge in [-0.2, -0.15) is 0 Å². The second-order valence-corrected chi connectivity index (χ2v) is 6.63. The molecule has 0 bridgehead atoms. The van der Waals surface area contributed by atoms with Crippen molar-refractivity contribution in [3.63, 3.8) is 0 Å². The molecule has 1 heterocycles. The number of benzene rings is 1. The predicted molar refractivity (Wildman–Crippen MR) is 76.7 cm³/mol. The van der Waals surface area contributed by atoms with Crippen molar-refractivity contribution in [1.82, 2.24) is 4.90 Å². The lowest BCUT2D eigenvalue weighted by Crippen LogP contribution is -2.45. The molecule has 0 unspecified atom stereocenters. The first-order valence-electron chi connectivity index (χ1n) is 5.33. The number of hydrogen-bond acceptors (Lipinski definition) is 2. The van der Waals surface area contributed by atoms with Gasteiger partial charge in [0.15, 0.2) is 0 Å². The number of fused-ring (bicyclic) bond motifs is 1. The van der Waals surface area contributed by atoms with Gasteiger partial charge < -0.3 is 0 Å². The van der Waals surface area contributed by atoms with E-state index < -0.39 is 17.4 Å². The van der Waals surface area contributed by atoms with Crippen LogP contribution in [0.5, 0.6) is 0 Å². The summed E-state index contributed by atoms with van der Waals surface area (Å²) in [6, 6.07) is 0. The first kappa shape index (κ1) is 14.9. The third-order valence-corrected chi connectivity index (χ3v) is 4.57. The molecule has 1 aliphatic rings. The van der Waals surface area contributed by atoms with Crippen molar-refractivity contribution in [1.29, 1.82) is 0 Å². The van der Waals surface area contributed by atoms with Crippen LogP contribution in [0, 0.1) is 0 Å². The fourth-order valence-corrected chi connectivity index (χ4v) is 2.97. The topological polar surface area (TPSA) is 37.4 Å². The van der Waals surface area contributed by atoms with E-state index in [1.807, 2.05) is 0 Å². The van der Waals surface area contributed by atoms with Gasteiger partial charge in [0.2, 0.25) is 0 Å². The van der Waals surface area contributed by atoms with Crippen LogP contribution in [-0.2, 0) is 0 Å². The van der Waals surface area contributed by atoms with E-state index in [-0.39, 0.29) is 31.2 Å². The summed E-state index contributed by atoms with van der Waals surface area (Å²) in [4.78, 5) is 25.8. The fourth-order valence-electron chi connectivity index (χ4n) is 1.96. The third-order valence-electron chi connectivity index (χ3n) is 2.77. The molecule has 3 nitrogen and oxygen atoms in total. The SMILES string of the molecule is CC(C)(C)N1C(=O)c2c(Cl)c(Cl)c(Cl)c(Cl)c2C1=O. The smallest absolute Gasteiger partial charge is 0.263 e. The number of carbonyl (C=O) groups is 2. The van der Waals surface area contributed by atoms with Gasteiger partial charge >= 0.3 is 0 Å². The molecule has 0 spiro atoms. The van der Waals surface area contributed by atoms with E-state index in [1.165, 1.54) is 0 Å². The largest absolute Gasteiger partial charge is 0.269 e. The number of carbonyl (C=O) groups excluding carboxylic acids is 2. The Labute approximate surface area is 130 Å². The van der Waals surface area contributed by atoms with E-state index in [4.69, 9.17) is 46.4 Å². The van der Waals surface area contributed by atoms with Crippen molar-refractivity contribution in [2.24, 2.45) is 0 Å². The standard InChI is InChI=1S/C12H9Cl4NO2/c1-12(2,3)17-10(18)4-5(11(17)19)7(14)9(16)8(15)6(4)13/h1-3H3. The summed E-state index contributed by atoms with van der Waals surface area (Å²) < 4.78 is 0. The second kappa shape index (κ2) is 4.52. The van der Waals surface area contributed by atoms with E-state index in [0.717, 1.165) is 4.90 Å². The molecule has 19 heavy (non-hydrogen) atoms. The Morgan fingerprint density at radius 2 is 1.05 bits per heavy atom. The van der Waals surface area contributed by atoms with E-state index in [9.17, 15) is 9.59 Å². The number of hydrogen-bond donors (Lipinski definition) is 0. The van der Waals surface area contributed by atoms with Crippen molar-refractivity contribution in [2.75, 3.05) is 0 Å². The monoisotopic (exact) mass is 339 g/mol. The van der Waals surface area contributed by atoms with Crippen LogP contribution in [0.2, 0.25) is 20.1 Å². The van der Waals surface area contributed by atoms with Crippen LogP contribution in [0.1, 0.15) is 41.5 Å². The van der Waals surface area contributed by atoms with Crippen molar-refractivity contribution in [3.8, 4) is 0 Å². The quantitative estimate of drug-likeness (QED) is 0.390. The van der Waals surface area contributed by atoms with Crippen LogP contribution < -0.4 is 0 Å². The fraction of sp³-hybridized carbons (Fsp3) is 0.333. The summed E-state index contributed by atoms with van der Waals surface area (Å²) in [6.45, 7) is 5.21. The van der Waals surface area contributed by atoms with E-state index >= 15 is 0 Å². The molecule has 1 aliphatic heterocycles. The molecule has 0 saturated carbocycles. The first-order chi connectivity index (χ1) is 8.59. The van der Waals surface area contributed by atoms with Crippen molar-refractivity contribution in [3.05, 3.63) is 31.2 Å². The van der Waals surface area contributed by atoms with Crippen LogP contribution >= 0.6 is 46.4 Å². The molecule has 7 heteroatoms. The molecule has 2 rings (SSSR count). The van der Waals surface area contributed by atoms with E-state index in [0.29, 0.717) is 0 Å². The lowest BCUT2D eigenvalue weighted by Gasteiger charge is -2.29. The number of amides is 2. The Hall–Kier alpha value is -0.480. The van der Waals surface area contributed by atoms with Crippen molar-refractivity contribution >= 4 is 58.2 Å². The lowest BCUT2D eigenvalue weighted by atomic mass is 10.1. The molecule has 0 atom stereocenters. The first-order valence-corrected chi connectivity index (χ1v) is 6.85. The molecule has 0 aromatic heterocycles. The van der Waals surface area contributed by atoms with Crippen LogP contribution in [0.25, 0.3) is 0 Å². The second-order valence-electron chi connectivity index (χ2n) is 5.12. The maximum absolute atomic E-state index is 12.4. The van der Waals surface area contributed by atoms with Gasteiger partial charge in [-0.1, -0.05) is 46.4 Å². The summed E-state index contributed by atoms with van der Waals surface area (Å²) >= 11 is 23.9. The average Bonchev–Trinajstić information content (AvgIpc) is 2.55. The number of nitrogens with zero attached hydrogens (tertiary/aromatic N) is 1. The zero-order valence-electron chi connectivity index (χ0n) is 10.3. The van der Waals surface area contributed by atoms with Gasteiger partial charge in [-0.3, -0.25) is 14.5 Å². The summed E-state index contributed by atoms with van der Waals surface area (Å²) in [5, 5.41) is -0.139. The lowest BCUT2D eigenvalue weighted by molar-refractivity contribution is 0.0508. The molecule has 0 saturated heterocycles. The molecule has 1 aromatic rings. The van der Waals surface area contributed by atoms with Crippen LogP contribution in [0.15, 0.2) is 0 Å². The van der Waals surface area contributed by atoms with Gasteiger partial charge in [0.05, 0.1) is 31.2 Å². The molecular weight excluding hydrogens is 332 g/mol. The summed E-state index contributed by atoms with van der Waals surface area (Å²) in [6.07, 6.45) is 0. The number of rotatable bonds is 0. The minimum Gasteiger partial charge on any atom is -0.269 e. The molecule has 1 aromatic carbocycles. The molecule has 0 aliphatic carbocycles. The summed E-state index contributed by atoms with van der Waals surface area (Å²) in [7, 11) is 0. The van der Waals surface area contributed by atoms with Crippen LogP contribution in [0.3, 0.4) is 0 Å². The Morgan fingerprint density at radius 3 is 1.32 bits per heavy atom. The molecule has 0 fully saturated rings. The Kier molecular flexibility index (Phi) is 3.55. The maximum Gasteiger partial charge on any atom is 0.263 e.